The second-order valence-electron chi connectivity index (χ2n) is 14.3. The number of hydrogen-bond donors (Lipinski definition) is 0. The highest BCUT2D eigenvalue weighted by Crippen LogP contribution is 2.14. The van der Waals surface area contributed by atoms with E-state index < -0.39 is 0 Å². The molecule has 0 unspecified atom stereocenters. The molecule has 2 nitrogen and oxygen atoms in total. The Hall–Kier alpha value is -1.05. The van der Waals surface area contributed by atoms with Gasteiger partial charge in [0.1, 0.15) is 0 Å². The lowest BCUT2D eigenvalue weighted by atomic mass is 10.1. The zero-order valence-electron chi connectivity index (χ0n) is 31.8. The van der Waals surface area contributed by atoms with Gasteiger partial charge < -0.3 is 4.74 Å². The van der Waals surface area contributed by atoms with Crippen LogP contribution in [0.2, 0.25) is 0 Å². The molecule has 0 radical (unpaired) electrons. The highest BCUT2D eigenvalue weighted by molar-refractivity contribution is 5.69. The minimum Gasteiger partial charge on any atom is -0.466 e. The molecular formula is C44H84O2. The Labute approximate surface area is 290 Å². The number of allylic oxidation sites excluding steroid dienone is 4. The lowest BCUT2D eigenvalue weighted by Gasteiger charge is -2.06. The minimum atomic E-state index is 0.0225. The quantitative estimate of drug-likeness (QED) is 0.0378. The van der Waals surface area contributed by atoms with Crippen molar-refractivity contribution < 1.29 is 9.53 Å². The van der Waals surface area contributed by atoms with Crippen LogP contribution >= 0.6 is 0 Å². The molecule has 46 heavy (non-hydrogen) atoms. The fraction of sp³-hybridized carbons (Fsp3) is 0.886. The molecule has 0 aliphatic carbocycles. The molecule has 0 aromatic carbocycles. The average Bonchev–Trinajstić information content (AvgIpc) is 3.06. The predicted molar refractivity (Wildman–Crippen MR) is 207 cm³/mol. The third kappa shape index (κ3) is 41.0. The highest BCUT2D eigenvalue weighted by atomic mass is 16.5. The van der Waals surface area contributed by atoms with Gasteiger partial charge >= 0.3 is 5.97 Å². The summed E-state index contributed by atoms with van der Waals surface area (Å²) in [6, 6.07) is 0. The summed E-state index contributed by atoms with van der Waals surface area (Å²) in [5.74, 6) is 0.0225. The summed E-state index contributed by atoms with van der Waals surface area (Å²) in [5.41, 5.74) is 0. The summed E-state index contributed by atoms with van der Waals surface area (Å²) in [5, 5.41) is 0. The number of unbranched alkanes of at least 4 members (excludes halogenated alkanes) is 31. The van der Waals surface area contributed by atoms with Crippen LogP contribution in [0.1, 0.15) is 245 Å². The van der Waals surface area contributed by atoms with E-state index in [-0.39, 0.29) is 5.97 Å². The van der Waals surface area contributed by atoms with Gasteiger partial charge in [-0.2, -0.15) is 0 Å². The Morgan fingerprint density at radius 2 is 0.609 bits per heavy atom. The summed E-state index contributed by atoms with van der Waals surface area (Å²) in [6.45, 7) is 5.20. The van der Waals surface area contributed by atoms with Crippen molar-refractivity contribution in [2.75, 3.05) is 6.61 Å². The molecule has 0 N–H and O–H groups in total. The summed E-state index contributed by atoms with van der Waals surface area (Å²) < 4.78 is 5.47. The SMILES string of the molecule is CCCCCCCC/C=C\CCCCCCCCCCCC(=O)OCCCCCCCCCCCC/C=C/CCCCCCCC. The fourth-order valence-corrected chi connectivity index (χ4v) is 6.36. The zero-order valence-corrected chi connectivity index (χ0v) is 31.8. The maximum Gasteiger partial charge on any atom is 0.305 e. The minimum absolute atomic E-state index is 0.0225. The summed E-state index contributed by atoms with van der Waals surface area (Å²) in [4.78, 5) is 12.0. The number of hydrogen-bond acceptors (Lipinski definition) is 2. The van der Waals surface area contributed by atoms with Crippen molar-refractivity contribution in [3.05, 3.63) is 24.3 Å². The molecule has 0 heterocycles. The van der Waals surface area contributed by atoms with Crippen molar-refractivity contribution in [3.8, 4) is 0 Å². The first-order chi connectivity index (χ1) is 22.8. The van der Waals surface area contributed by atoms with Crippen LogP contribution in [-0.4, -0.2) is 12.6 Å². The molecule has 0 amide bonds. The second-order valence-corrected chi connectivity index (χ2v) is 14.3. The lowest BCUT2D eigenvalue weighted by molar-refractivity contribution is -0.143. The van der Waals surface area contributed by atoms with Crippen LogP contribution in [0.3, 0.4) is 0 Å². The van der Waals surface area contributed by atoms with Crippen LogP contribution in [0.25, 0.3) is 0 Å². The van der Waals surface area contributed by atoms with E-state index in [1.54, 1.807) is 0 Å². The van der Waals surface area contributed by atoms with Gasteiger partial charge in [-0.3, -0.25) is 4.79 Å². The lowest BCUT2D eigenvalue weighted by Crippen LogP contribution is -2.05. The van der Waals surface area contributed by atoms with Crippen LogP contribution in [-0.2, 0) is 9.53 Å². The zero-order chi connectivity index (χ0) is 33.3. The van der Waals surface area contributed by atoms with Gasteiger partial charge in [-0.05, 0) is 64.2 Å². The smallest absolute Gasteiger partial charge is 0.305 e. The number of rotatable bonds is 39. The molecule has 0 saturated carbocycles. The number of ether oxygens (including phenoxy) is 1. The Bertz CT molecular complexity index is 621. The van der Waals surface area contributed by atoms with Crippen molar-refractivity contribution in [1.82, 2.24) is 0 Å². The van der Waals surface area contributed by atoms with Crippen molar-refractivity contribution in [2.45, 2.75) is 245 Å². The van der Waals surface area contributed by atoms with Crippen LogP contribution < -0.4 is 0 Å². The fourth-order valence-electron chi connectivity index (χ4n) is 6.36. The molecule has 0 aromatic heterocycles. The van der Waals surface area contributed by atoms with Gasteiger partial charge in [0.25, 0.3) is 0 Å². The van der Waals surface area contributed by atoms with E-state index in [0.29, 0.717) is 13.0 Å². The Kier molecular flexibility index (Phi) is 41.0. The first-order valence-electron chi connectivity index (χ1n) is 21.3. The Morgan fingerprint density at radius 3 is 0.935 bits per heavy atom. The molecule has 0 aliphatic heterocycles. The van der Waals surface area contributed by atoms with Crippen LogP contribution in [0.4, 0.5) is 0 Å². The molecule has 0 saturated heterocycles. The third-order valence-corrected chi connectivity index (χ3v) is 9.56. The van der Waals surface area contributed by atoms with Gasteiger partial charge in [0.05, 0.1) is 6.61 Å². The first kappa shape index (κ1) is 45.0. The van der Waals surface area contributed by atoms with E-state index in [2.05, 4.69) is 38.2 Å². The molecule has 0 aliphatic rings. The standard InChI is InChI=1S/C44H84O2/c1-3-5-7-9-11-13-15-17-19-21-23-25-27-29-31-33-35-37-39-41-43-46-44(45)42-40-38-36-34-32-30-28-26-24-22-20-18-16-14-12-10-8-6-4-2/h17-20H,3-16,21-43H2,1-2H3/b19-17+,20-18-. The predicted octanol–water partition coefficient (Wildman–Crippen LogP) is 15.7. The molecule has 0 aromatic rings. The van der Waals surface area contributed by atoms with Crippen molar-refractivity contribution in [2.24, 2.45) is 0 Å². The maximum absolute atomic E-state index is 12.0. The van der Waals surface area contributed by atoms with Gasteiger partial charge in [0.15, 0.2) is 0 Å². The molecule has 2 heteroatoms. The largest absolute Gasteiger partial charge is 0.466 e. The summed E-state index contributed by atoms with van der Waals surface area (Å²) >= 11 is 0. The third-order valence-electron chi connectivity index (χ3n) is 9.56. The molecular weight excluding hydrogens is 560 g/mol. The highest BCUT2D eigenvalue weighted by Gasteiger charge is 2.03. The van der Waals surface area contributed by atoms with Gasteiger partial charge in [-0.15, -0.1) is 0 Å². The Balaban J connectivity index is 3.20. The van der Waals surface area contributed by atoms with E-state index in [1.165, 1.54) is 212 Å². The summed E-state index contributed by atoms with van der Waals surface area (Å²) in [7, 11) is 0. The Morgan fingerprint density at radius 1 is 0.348 bits per heavy atom. The second kappa shape index (κ2) is 42.0. The molecule has 272 valence electrons. The van der Waals surface area contributed by atoms with Crippen LogP contribution in [0, 0.1) is 0 Å². The first-order valence-corrected chi connectivity index (χ1v) is 21.3. The van der Waals surface area contributed by atoms with Gasteiger partial charge in [-0.25, -0.2) is 0 Å². The van der Waals surface area contributed by atoms with E-state index in [1.807, 2.05) is 0 Å². The van der Waals surface area contributed by atoms with E-state index in [0.717, 1.165) is 12.8 Å². The topological polar surface area (TPSA) is 26.3 Å². The summed E-state index contributed by atoms with van der Waals surface area (Å²) in [6.07, 6.45) is 57.0. The molecule has 0 fully saturated rings. The number of carbonyl (C=O) groups excluding carboxylic acids is 1. The maximum atomic E-state index is 12.0. The molecule has 0 atom stereocenters. The van der Waals surface area contributed by atoms with Gasteiger partial charge in [0, 0.05) is 6.42 Å². The van der Waals surface area contributed by atoms with Crippen molar-refractivity contribution >= 4 is 5.97 Å². The van der Waals surface area contributed by atoms with Crippen LogP contribution in [0.5, 0.6) is 0 Å². The molecule has 0 spiro atoms. The normalized spacial score (nSPS) is 11.8. The molecule has 0 rings (SSSR count). The number of carbonyl (C=O) groups is 1. The van der Waals surface area contributed by atoms with Crippen LogP contribution in [0.15, 0.2) is 24.3 Å². The van der Waals surface area contributed by atoms with Crippen molar-refractivity contribution in [1.29, 1.82) is 0 Å². The van der Waals surface area contributed by atoms with Gasteiger partial charge in [0.2, 0.25) is 0 Å². The van der Waals surface area contributed by atoms with E-state index in [4.69, 9.17) is 4.74 Å². The average molecular weight is 645 g/mol. The molecule has 0 bridgehead atoms. The van der Waals surface area contributed by atoms with Gasteiger partial charge in [-0.1, -0.05) is 199 Å². The number of esters is 1. The van der Waals surface area contributed by atoms with E-state index >= 15 is 0 Å². The monoisotopic (exact) mass is 645 g/mol. The van der Waals surface area contributed by atoms with E-state index in [9.17, 15) is 4.79 Å². The van der Waals surface area contributed by atoms with Crippen molar-refractivity contribution in [3.63, 3.8) is 0 Å².